The Kier molecular flexibility index (Phi) is 6.19. The van der Waals surface area contributed by atoms with Gasteiger partial charge in [-0.3, -0.25) is 9.69 Å². The molecule has 0 bridgehead atoms. The number of rotatable bonds is 6. The smallest absolute Gasteiger partial charge is 0.236 e. The number of carbonyl (C=O) groups is 1. The van der Waals surface area contributed by atoms with E-state index in [1.165, 1.54) is 11.0 Å². The number of ether oxygens (including phenoxy) is 2. The van der Waals surface area contributed by atoms with Crippen molar-refractivity contribution in [3.63, 3.8) is 0 Å². The van der Waals surface area contributed by atoms with Crippen LogP contribution in [0.1, 0.15) is 11.1 Å². The number of hydrogen-bond acceptors (Lipinski definition) is 4. The molecule has 1 heterocycles. The molecule has 0 radical (unpaired) electrons. The zero-order valence-corrected chi connectivity index (χ0v) is 16.1. The highest BCUT2D eigenvalue weighted by Gasteiger charge is 2.17. The molecule has 2 aromatic rings. The Morgan fingerprint density at radius 1 is 1.11 bits per heavy atom. The summed E-state index contributed by atoms with van der Waals surface area (Å²) >= 11 is 6.04. The fraction of sp³-hybridized carbons (Fsp3) is 0.350. The first kappa shape index (κ1) is 19.5. The van der Waals surface area contributed by atoms with E-state index >= 15 is 0 Å². The third kappa shape index (κ3) is 4.90. The number of nitrogens with zero attached hydrogens (tertiary/aromatic N) is 2. The number of amides is 1. The molecule has 27 heavy (non-hydrogen) atoms. The molecule has 0 spiro atoms. The molecule has 2 aromatic carbocycles. The van der Waals surface area contributed by atoms with Crippen LogP contribution >= 0.6 is 11.6 Å². The number of likely N-dealkylation sites (N-methyl/N-ethyl adjacent to an activating group) is 2. The third-order valence-electron chi connectivity index (χ3n) is 4.35. The van der Waals surface area contributed by atoms with Crippen molar-refractivity contribution in [1.82, 2.24) is 9.80 Å². The number of fused-ring (bicyclic) bond motifs is 1. The summed E-state index contributed by atoms with van der Waals surface area (Å²) in [6.07, 6.45) is 0. The first-order valence-corrected chi connectivity index (χ1v) is 9.06. The molecule has 0 saturated heterocycles. The van der Waals surface area contributed by atoms with E-state index in [0.29, 0.717) is 30.3 Å². The molecular formula is C20H22ClFN2O3. The normalized spacial score (nSPS) is 12.9. The van der Waals surface area contributed by atoms with Gasteiger partial charge in [0.15, 0.2) is 11.5 Å². The lowest BCUT2D eigenvalue weighted by Gasteiger charge is -2.23. The van der Waals surface area contributed by atoms with Crippen LogP contribution in [0.4, 0.5) is 4.39 Å². The predicted octanol–water partition coefficient (Wildman–Crippen LogP) is 3.34. The average molecular weight is 393 g/mol. The van der Waals surface area contributed by atoms with Crippen molar-refractivity contribution in [3.8, 4) is 11.5 Å². The molecule has 1 amide bonds. The van der Waals surface area contributed by atoms with Crippen molar-refractivity contribution in [2.75, 3.05) is 33.9 Å². The van der Waals surface area contributed by atoms with Gasteiger partial charge in [0.2, 0.25) is 5.91 Å². The highest BCUT2D eigenvalue weighted by molar-refractivity contribution is 6.31. The second-order valence-electron chi connectivity index (χ2n) is 6.60. The van der Waals surface area contributed by atoms with Gasteiger partial charge in [-0.05, 0) is 36.9 Å². The summed E-state index contributed by atoms with van der Waals surface area (Å²) in [5, 5.41) is 0.319. The Morgan fingerprint density at radius 2 is 1.85 bits per heavy atom. The third-order valence-corrected chi connectivity index (χ3v) is 4.70. The zero-order valence-electron chi connectivity index (χ0n) is 15.4. The molecule has 0 atom stereocenters. The van der Waals surface area contributed by atoms with Gasteiger partial charge in [0.25, 0.3) is 0 Å². The van der Waals surface area contributed by atoms with Gasteiger partial charge in [-0.25, -0.2) is 4.39 Å². The summed E-state index contributed by atoms with van der Waals surface area (Å²) in [5.41, 5.74) is 1.35. The van der Waals surface area contributed by atoms with Crippen LogP contribution in [0.2, 0.25) is 5.02 Å². The van der Waals surface area contributed by atoms with Crippen LogP contribution in [0.5, 0.6) is 11.5 Å². The molecule has 0 unspecified atom stereocenters. The number of benzene rings is 2. The van der Waals surface area contributed by atoms with Gasteiger partial charge >= 0.3 is 0 Å². The molecule has 1 aliphatic heterocycles. The van der Waals surface area contributed by atoms with Crippen molar-refractivity contribution in [3.05, 3.63) is 58.4 Å². The quantitative estimate of drug-likeness (QED) is 0.756. The second kappa shape index (κ2) is 8.59. The fourth-order valence-corrected chi connectivity index (χ4v) is 3.14. The summed E-state index contributed by atoms with van der Waals surface area (Å²) in [5.74, 6) is 0.941. The first-order chi connectivity index (χ1) is 12.9. The summed E-state index contributed by atoms with van der Waals surface area (Å²) < 4.78 is 25.0. The van der Waals surface area contributed by atoms with E-state index in [0.717, 1.165) is 17.1 Å². The Hall–Kier alpha value is -2.31. The zero-order chi connectivity index (χ0) is 19.4. The van der Waals surface area contributed by atoms with Crippen molar-refractivity contribution in [2.24, 2.45) is 0 Å². The summed E-state index contributed by atoms with van der Waals surface area (Å²) in [6.45, 7) is 2.00. The lowest BCUT2D eigenvalue weighted by Crippen LogP contribution is -2.36. The molecule has 5 nitrogen and oxygen atoms in total. The second-order valence-corrected chi connectivity index (χ2v) is 7.01. The number of halogens is 2. The maximum atomic E-state index is 13.9. The van der Waals surface area contributed by atoms with Crippen LogP contribution in [0, 0.1) is 5.82 Å². The topological polar surface area (TPSA) is 42.0 Å². The minimum absolute atomic E-state index is 0.116. The fourth-order valence-electron chi connectivity index (χ4n) is 2.91. The first-order valence-electron chi connectivity index (χ1n) is 8.68. The molecule has 0 aliphatic carbocycles. The van der Waals surface area contributed by atoms with E-state index in [2.05, 4.69) is 0 Å². The maximum absolute atomic E-state index is 13.9. The van der Waals surface area contributed by atoms with Gasteiger partial charge < -0.3 is 14.4 Å². The Bertz CT molecular complexity index is 811. The van der Waals surface area contributed by atoms with Crippen molar-refractivity contribution >= 4 is 17.5 Å². The van der Waals surface area contributed by atoms with Gasteiger partial charge in [0.1, 0.15) is 19.0 Å². The van der Waals surface area contributed by atoms with E-state index in [4.69, 9.17) is 21.1 Å². The summed E-state index contributed by atoms with van der Waals surface area (Å²) in [7, 11) is 3.50. The molecule has 7 heteroatoms. The molecule has 144 valence electrons. The minimum Gasteiger partial charge on any atom is -0.486 e. The molecule has 0 saturated carbocycles. The number of hydrogen-bond donors (Lipinski definition) is 0. The highest BCUT2D eigenvalue weighted by atomic mass is 35.5. The highest BCUT2D eigenvalue weighted by Crippen LogP contribution is 2.31. The lowest BCUT2D eigenvalue weighted by molar-refractivity contribution is -0.131. The summed E-state index contributed by atoms with van der Waals surface area (Å²) in [4.78, 5) is 15.9. The van der Waals surface area contributed by atoms with Crippen molar-refractivity contribution < 1.29 is 18.7 Å². The lowest BCUT2D eigenvalue weighted by atomic mass is 10.2. The van der Waals surface area contributed by atoms with Crippen LogP contribution in [0.25, 0.3) is 0 Å². The Balaban J connectivity index is 1.57. The SMILES string of the molecule is CN(CC(=O)N(C)Cc1c(F)cccc1Cl)Cc1ccc2c(c1)OCCO2. The van der Waals surface area contributed by atoms with Gasteiger partial charge in [-0.1, -0.05) is 23.7 Å². The Labute approximate surface area is 163 Å². The monoisotopic (exact) mass is 392 g/mol. The van der Waals surface area contributed by atoms with E-state index < -0.39 is 5.82 Å². The van der Waals surface area contributed by atoms with Crippen LogP contribution in [-0.2, 0) is 17.9 Å². The maximum Gasteiger partial charge on any atom is 0.236 e. The standard InChI is InChI=1S/C20H22ClFN2O3/c1-23(11-14-6-7-18-19(10-14)27-9-8-26-18)13-20(25)24(2)12-15-16(21)4-3-5-17(15)22/h3-7,10H,8-9,11-13H2,1-2H3. The Morgan fingerprint density at radius 3 is 2.59 bits per heavy atom. The van der Waals surface area contributed by atoms with Gasteiger partial charge in [-0.2, -0.15) is 0 Å². The largest absolute Gasteiger partial charge is 0.486 e. The van der Waals surface area contributed by atoms with E-state index in [9.17, 15) is 9.18 Å². The molecule has 1 aliphatic rings. The van der Waals surface area contributed by atoms with Crippen LogP contribution < -0.4 is 9.47 Å². The summed E-state index contributed by atoms with van der Waals surface area (Å²) in [6, 6.07) is 10.3. The molecule has 0 fully saturated rings. The van der Waals surface area contributed by atoms with Gasteiger partial charge in [-0.15, -0.1) is 0 Å². The average Bonchev–Trinajstić information content (AvgIpc) is 2.64. The van der Waals surface area contributed by atoms with Crippen LogP contribution in [-0.4, -0.2) is 49.6 Å². The van der Waals surface area contributed by atoms with Gasteiger partial charge in [0, 0.05) is 30.7 Å². The number of carbonyl (C=O) groups excluding carboxylic acids is 1. The molecule has 0 aromatic heterocycles. The van der Waals surface area contributed by atoms with Crippen molar-refractivity contribution in [2.45, 2.75) is 13.1 Å². The predicted molar refractivity (Wildman–Crippen MR) is 102 cm³/mol. The molecule has 0 N–H and O–H groups in total. The van der Waals surface area contributed by atoms with E-state index in [-0.39, 0.29) is 19.0 Å². The van der Waals surface area contributed by atoms with E-state index in [1.807, 2.05) is 30.1 Å². The molecule has 3 rings (SSSR count). The van der Waals surface area contributed by atoms with Crippen LogP contribution in [0.15, 0.2) is 36.4 Å². The molecular weight excluding hydrogens is 371 g/mol. The van der Waals surface area contributed by atoms with E-state index in [1.54, 1.807) is 19.2 Å². The minimum atomic E-state index is -0.410. The van der Waals surface area contributed by atoms with Gasteiger partial charge in [0.05, 0.1) is 6.54 Å². The van der Waals surface area contributed by atoms with Crippen LogP contribution in [0.3, 0.4) is 0 Å². The van der Waals surface area contributed by atoms with Crippen molar-refractivity contribution in [1.29, 1.82) is 0 Å².